The van der Waals surface area contributed by atoms with Gasteiger partial charge in [0.05, 0.1) is 29.9 Å². The molecule has 0 spiro atoms. The molecule has 1 aromatic carbocycles. The number of ether oxygens (including phenoxy) is 1. The van der Waals surface area contributed by atoms with Crippen molar-refractivity contribution in [2.24, 2.45) is 0 Å². The molecule has 3 aromatic heterocycles. The molecule has 0 aliphatic carbocycles. The van der Waals surface area contributed by atoms with Crippen LogP contribution in [0.4, 0.5) is 15.9 Å². The van der Waals surface area contributed by atoms with Gasteiger partial charge in [-0.2, -0.15) is 0 Å². The number of carbonyl (C=O) groups is 2. The second-order valence-corrected chi connectivity index (χ2v) is 7.90. The summed E-state index contributed by atoms with van der Waals surface area (Å²) in [7, 11) is 1.49. The molecule has 1 aliphatic rings. The fourth-order valence-corrected chi connectivity index (χ4v) is 3.94. The van der Waals surface area contributed by atoms with Crippen LogP contribution in [-0.2, 0) is 4.79 Å². The van der Waals surface area contributed by atoms with Crippen LogP contribution >= 0.6 is 0 Å². The fraction of sp³-hybridized carbons (Fsp3) is 0.208. The maximum Gasteiger partial charge on any atom is 0.295 e. The van der Waals surface area contributed by atoms with E-state index in [1.807, 2.05) is 0 Å². The van der Waals surface area contributed by atoms with Crippen molar-refractivity contribution >= 4 is 34.2 Å². The number of aromatic nitrogens is 4. The Bertz CT molecular complexity index is 1400. The quantitative estimate of drug-likeness (QED) is 0.287. The molecule has 4 heterocycles. The number of anilines is 2. The number of methoxy groups -OCH3 is 1. The van der Waals surface area contributed by atoms with Crippen molar-refractivity contribution in [3.8, 4) is 17.1 Å². The van der Waals surface area contributed by atoms with Gasteiger partial charge in [0.25, 0.3) is 11.7 Å². The number of hydrogen-bond acceptors (Lipinski definition) is 8. The van der Waals surface area contributed by atoms with Crippen LogP contribution in [0.3, 0.4) is 0 Å². The van der Waals surface area contributed by atoms with Crippen molar-refractivity contribution in [2.45, 2.75) is 0 Å². The molecule has 5 rings (SSSR count). The molecular formula is C24H22FN7O3. The smallest absolute Gasteiger partial charge is 0.295 e. The van der Waals surface area contributed by atoms with Crippen molar-refractivity contribution in [3.05, 3.63) is 60.3 Å². The van der Waals surface area contributed by atoms with Crippen LogP contribution in [0, 0.1) is 5.82 Å². The molecule has 1 amide bonds. The Balaban J connectivity index is 1.52. The number of nitrogens with zero attached hydrogens (tertiary/aromatic N) is 4. The highest BCUT2D eigenvalue weighted by atomic mass is 19.1. The van der Waals surface area contributed by atoms with E-state index in [1.165, 1.54) is 31.6 Å². The van der Waals surface area contributed by atoms with Crippen molar-refractivity contribution in [1.82, 2.24) is 30.2 Å². The lowest BCUT2D eigenvalue weighted by atomic mass is 10.1. The molecule has 11 heteroatoms. The highest BCUT2D eigenvalue weighted by Crippen LogP contribution is 2.32. The van der Waals surface area contributed by atoms with Gasteiger partial charge in [0.1, 0.15) is 11.5 Å². The Labute approximate surface area is 199 Å². The summed E-state index contributed by atoms with van der Waals surface area (Å²) in [5, 5.41) is 6.82. The number of rotatable bonds is 6. The average molecular weight is 475 g/mol. The zero-order valence-corrected chi connectivity index (χ0v) is 18.8. The molecule has 10 nitrogen and oxygen atoms in total. The van der Waals surface area contributed by atoms with Crippen LogP contribution in [0.1, 0.15) is 10.4 Å². The Hall–Kier alpha value is -4.38. The first-order chi connectivity index (χ1) is 17.0. The number of Topliss-reactive ketones (excluding diaryl/α,β-unsaturated/α-hetero) is 1. The zero-order chi connectivity index (χ0) is 24.4. The predicted molar refractivity (Wildman–Crippen MR) is 127 cm³/mol. The number of hydrogen-bond donors (Lipinski definition) is 3. The fourth-order valence-electron chi connectivity index (χ4n) is 3.94. The number of amides is 1. The largest absolute Gasteiger partial charge is 0.491 e. The van der Waals surface area contributed by atoms with Crippen LogP contribution in [-0.4, -0.2) is 69.8 Å². The van der Waals surface area contributed by atoms with Gasteiger partial charge in [0, 0.05) is 44.1 Å². The Morgan fingerprint density at radius 3 is 2.63 bits per heavy atom. The monoisotopic (exact) mass is 475 g/mol. The first kappa shape index (κ1) is 22.4. The van der Waals surface area contributed by atoms with E-state index in [9.17, 15) is 14.0 Å². The van der Waals surface area contributed by atoms with E-state index in [-0.39, 0.29) is 11.4 Å². The highest BCUT2D eigenvalue weighted by molar-refractivity contribution is 6.45. The minimum Gasteiger partial charge on any atom is -0.491 e. The zero-order valence-electron chi connectivity index (χ0n) is 18.8. The standard InChI is InChI=1S/C24H22FN7O3/c1-35-18-13-29-21(14-2-4-15(25)5-3-14)31-22(18)30-17-6-7-27-23-19(17)16(12-28-23)20(33)24(34)32-10-8-26-9-11-32/h2-7,12-13,26H,8-11H2,1H3,(H2,27,28,29,30,31). The van der Waals surface area contributed by atoms with Gasteiger partial charge in [0.15, 0.2) is 17.4 Å². The van der Waals surface area contributed by atoms with Crippen molar-refractivity contribution in [1.29, 1.82) is 0 Å². The number of halogens is 1. The third-order valence-corrected chi connectivity index (χ3v) is 5.75. The number of ketones is 1. The maximum absolute atomic E-state index is 13.3. The molecule has 1 saturated heterocycles. The third-order valence-electron chi connectivity index (χ3n) is 5.75. The molecule has 35 heavy (non-hydrogen) atoms. The minimum atomic E-state index is -0.615. The van der Waals surface area contributed by atoms with E-state index >= 15 is 0 Å². The summed E-state index contributed by atoms with van der Waals surface area (Å²) in [4.78, 5) is 43.7. The Morgan fingerprint density at radius 2 is 1.89 bits per heavy atom. The maximum atomic E-state index is 13.3. The van der Waals surface area contributed by atoms with Gasteiger partial charge in [-0.05, 0) is 30.3 Å². The number of carbonyl (C=O) groups excluding carboxylic acids is 2. The van der Waals surface area contributed by atoms with Crippen LogP contribution in [0.15, 0.2) is 48.9 Å². The summed E-state index contributed by atoms with van der Waals surface area (Å²) in [6, 6.07) is 7.50. The molecule has 3 N–H and O–H groups in total. The number of H-pyrrole nitrogens is 1. The molecule has 0 saturated carbocycles. The molecule has 0 radical (unpaired) electrons. The van der Waals surface area contributed by atoms with Gasteiger partial charge in [-0.15, -0.1) is 0 Å². The van der Waals surface area contributed by atoms with Crippen LogP contribution in [0.5, 0.6) is 5.75 Å². The second-order valence-electron chi connectivity index (χ2n) is 7.90. The summed E-state index contributed by atoms with van der Waals surface area (Å²) in [6.07, 6.45) is 4.57. The number of aromatic amines is 1. The van der Waals surface area contributed by atoms with Gasteiger partial charge < -0.3 is 25.3 Å². The molecule has 1 aliphatic heterocycles. The summed E-state index contributed by atoms with van der Waals surface area (Å²) >= 11 is 0. The van der Waals surface area contributed by atoms with Crippen LogP contribution in [0.2, 0.25) is 0 Å². The van der Waals surface area contributed by atoms with Crippen LogP contribution in [0.25, 0.3) is 22.4 Å². The average Bonchev–Trinajstić information content (AvgIpc) is 3.34. The Kier molecular flexibility index (Phi) is 6.06. The highest BCUT2D eigenvalue weighted by Gasteiger charge is 2.28. The molecule has 0 bridgehead atoms. The normalized spacial score (nSPS) is 13.6. The molecule has 178 valence electrons. The van der Waals surface area contributed by atoms with Crippen molar-refractivity contribution in [3.63, 3.8) is 0 Å². The van der Waals surface area contributed by atoms with E-state index in [0.717, 1.165) is 0 Å². The SMILES string of the molecule is COc1cnc(-c2ccc(F)cc2)nc1Nc1ccnc2[nH]cc(C(=O)C(=O)N3CCNCC3)c12. The van der Waals surface area contributed by atoms with Gasteiger partial charge in [-0.3, -0.25) is 9.59 Å². The topological polar surface area (TPSA) is 125 Å². The first-order valence-electron chi connectivity index (χ1n) is 11.0. The predicted octanol–water partition coefficient (Wildman–Crippen LogP) is 2.53. The number of nitrogens with one attached hydrogen (secondary N) is 3. The van der Waals surface area contributed by atoms with Crippen molar-refractivity contribution in [2.75, 3.05) is 38.6 Å². The third kappa shape index (κ3) is 4.41. The molecule has 0 atom stereocenters. The number of piperazine rings is 1. The lowest BCUT2D eigenvalue weighted by molar-refractivity contribution is -0.126. The summed E-state index contributed by atoms with van der Waals surface area (Å²) in [5.74, 6) is -0.475. The summed E-state index contributed by atoms with van der Waals surface area (Å²) in [5.41, 5.74) is 1.79. The van der Waals surface area contributed by atoms with E-state index in [0.29, 0.717) is 65.9 Å². The van der Waals surface area contributed by atoms with Gasteiger partial charge in [-0.1, -0.05) is 0 Å². The first-order valence-corrected chi connectivity index (χ1v) is 11.0. The second kappa shape index (κ2) is 9.47. The van der Waals surface area contributed by atoms with Crippen molar-refractivity contribution < 1.29 is 18.7 Å². The number of fused-ring (bicyclic) bond motifs is 1. The van der Waals surface area contributed by atoms with E-state index < -0.39 is 11.7 Å². The number of benzene rings is 1. The molecule has 4 aromatic rings. The molecule has 1 fully saturated rings. The van der Waals surface area contributed by atoms with Gasteiger partial charge in [0.2, 0.25) is 0 Å². The van der Waals surface area contributed by atoms with Crippen LogP contribution < -0.4 is 15.4 Å². The lowest BCUT2D eigenvalue weighted by Gasteiger charge is -2.26. The van der Waals surface area contributed by atoms with Gasteiger partial charge in [-0.25, -0.2) is 19.3 Å². The van der Waals surface area contributed by atoms with Gasteiger partial charge >= 0.3 is 0 Å². The molecular weight excluding hydrogens is 453 g/mol. The summed E-state index contributed by atoms with van der Waals surface area (Å²) < 4.78 is 18.8. The van der Waals surface area contributed by atoms with E-state index in [1.54, 1.807) is 29.3 Å². The summed E-state index contributed by atoms with van der Waals surface area (Å²) in [6.45, 7) is 2.23. The number of pyridine rings is 1. The molecule has 0 unspecified atom stereocenters. The Morgan fingerprint density at radius 1 is 1.11 bits per heavy atom. The van der Waals surface area contributed by atoms with E-state index in [2.05, 4.69) is 30.6 Å². The van der Waals surface area contributed by atoms with E-state index in [4.69, 9.17) is 4.74 Å². The lowest BCUT2D eigenvalue weighted by Crippen LogP contribution is -2.48. The minimum absolute atomic E-state index is 0.214.